The van der Waals surface area contributed by atoms with Crippen LogP contribution in [0.25, 0.3) is 11.0 Å². The monoisotopic (exact) mass is 203 g/mol. The van der Waals surface area contributed by atoms with E-state index in [-0.39, 0.29) is 0 Å². The Kier molecular flexibility index (Phi) is 2.22. The molecule has 0 bridgehead atoms. The first-order chi connectivity index (χ1) is 7.16. The highest BCUT2D eigenvalue weighted by atomic mass is 15.3. The largest absolute Gasteiger partial charge is 0.197 e. The van der Waals surface area contributed by atoms with E-state index >= 15 is 0 Å². The average molecular weight is 203 g/mol. The van der Waals surface area contributed by atoms with Gasteiger partial charge in [0.1, 0.15) is 16.7 Å². The van der Waals surface area contributed by atoms with Crippen LogP contribution < -0.4 is 0 Å². The topological polar surface area (TPSA) is 66.3 Å². The fraction of sp³-hybridized carbons (Fsp3) is 0.400. The van der Waals surface area contributed by atoms with Gasteiger partial charge in [0.2, 0.25) is 0 Å². The third-order valence-electron chi connectivity index (χ3n) is 2.81. The quantitative estimate of drug-likeness (QED) is 0.724. The predicted molar refractivity (Wildman–Crippen MR) is 58.5 cm³/mol. The zero-order chi connectivity index (χ0) is 11.0. The first kappa shape index (κ1) is 9.76. The molecule has 0 atom stereocenters. The summed E-state index contributed by atoms with van der Waals surface area (Å²) in [6, 6.07) is 0. The molecule has 0 unspecified atom stereocenters. The second kappa shape index (κ2) is 3.42. The lowest BCUT2D eigenvalue weighted by molar-refractivity contribution is 0.957. The highest BCUT2D eigenvalue weighted by Crippen LogP contribution is 2.32. The molecule has 5 heteroatoms. The van der Waals surface area contributed by atoms with E-state index in [1.807, 2.05) is 13.8 Å². The number of H-pyrrole nitrogens is 1. The van der Waals surface area contributed by atoms with Crippen molar-refractivity contribution in [1.82, 2.24) is 15.4 Å². The second-order valence-corrected chi connectivity index (χ2v) is 3.54. The van der Waals surface area contributed by atoms with Crippen LogP contribution in [0.2, 0.25) is 0 Å². The number of fused-ring (bicyclic) bond motifs is 1. The summed E-state index contributed by atoms with van der Waals surface area (Å²) >= 11 is 0. The molecular formula is C10H13N5. The highest BCUT2D eigenvalue weighted by Gasteiger charge is 2.14. The highest BCUT2D eigenvalue weighted by molar-refractivity contribution is 5.91. The maximum atomic E-state index is 4.13. The van der Waals surface area contributed by atoms with E-state index in [1.54, 1.807) is 7.05 Å². The molecule has 0 saturated heterocycles. The van der Waals surface area contributed by atoms with Crippen LogP contribution in [0.5, 0.6) is 0 Å². The number of hydrogen-bond acceptors (Lipinski definition) is 4. The van der Waals surface area contributed by atoms with E-state index in [9.17, 15) is 0 Å². The Morgan fingerprint density at radius 2 is 1.60 bits per heavy atom. The molecule has 2 aromatic rings. The minimum atomic E-state index is 0.793. The molecule has 15 heavy (non-hydrogen) atoms. The van der Waals surface area contributed by atoms with Crippen molar-refractivity contribution in [3.05, 3.63) is 16.7 Å². The van der Waals surface area contributed by atoms with Gasteiger partial charge in [-0.15, -0.1) is 0 Å². The summed E-state index contributed by atoms with van der Waals surface area (Å²) in [5.74, 6) is 0. The minimum absolute atomic E-state index is 0.793. The number of aryl methyl sites for hydroxylation is 1. The van der Waals surface area contributed by atoms with Gasteiger partial charge < -0.3 is 0 Å². The van der Waals surface area contributed by atoms with Gasteiger partial charge in [0.25, 0.3) is 0 Å². The Balaban J connectivity index is 2.94. The molecule has 1 heterocycles. The van der Waals surface area contributed by atoms with Gasteiger partial charge in [-0.25, -0.2) is 0 Å². The van der Waals surface area contributed by atoms with Crippen LogP contribution in [0.1, 0.15) is 16.7 Å². The van der Waals surface area contributed by atoms with Gasteiger partial charge in [-0.1, -0.05) is 0 Å². The van der Waals surface area contributed by atoms with Crippen molar-refractivity contribution in [2.24, 2.45) is 10.2 Å². The molecule has 0 saturated carbocycles. The number of azo groups is 1. The van der Waals surface area contributed by atoms with Crippen LogP contribution >= 0.6 is 0 Å². The number of benzene rings is 1. The van der Waals surface area contributed by atoms with Crippen LogP contribution in [-0.4, -0.2) is 22.5 Å². The molecule has 1 aromatic heterocycles. The predicted octanol–water partition coefficient (Wildman–Crippen LogP) is 2.60. The molecule has 1 aromatic carbocycles. The molecule has 0 amide bonds. The SMILES string of the molecule is CN=Nc1c(C)c(C)c(C)c2n[nH]nc12. The van der Waals surface area contributed by atoms with Gasteiger partial charge in [-0.05, 0) is 37.5 Å². The van der Waals surface area contributed by atoms with Crippen LogP contribution in [0.15, 0.2) is 10.2 Å². The molecule has 1 N–H and O–H groups in total. The summed E-state index contributed by atoms with van der Waals surface area (Å²) < 4.78 is 0. The molecule has 2 rings (SSSR count). The zero-order valence-electron chi connectivity index (χ0n) is 9.29. The molecule has 78 valence electrons. The van der Waals surface area contributed by atoms with Gasteiger partial charge in [0.05, 0.1) is 0 Å². The summed E-state index contributed by atoms with van der Waals surface area (Å²) in [6.45, 7) is 6.13. The van der Waals surface area contributed by atoms with Crippen molar-refractivity contribution >= 4 is 16.7 Å². The molecule has 0 aliphatic carbocycles. The number of aromatic nitrogens is 3. The van der Waals surface area contributed by atoms with Crippen molar-refractivity contribution in [2.75, 3.05) is 7.05 Å². The minimum Gasteiger partial charge on any atom is -0.197 e. The van der Waals surface area contributed by atoms with Crippen LogP contribution in [-0.2, 0) is 0 Å². The number of aromatic amines is 1. The lowest BCUT2D eigenvalue weighted by Crippen LogP contribution is -1.89. The molecule has 0 aliphatic rings. The lowest BCUT2D eigenvalue weighted by atomic mass is 10.0. The summed E-state index contributed by atoms with van der Waals surface area (Å²) in [5.41, 5.74) is 5.93. The Bertz CT molecular complexity index is 538. The van der Waals surface area contributed by atoms with Crippen molar-refractivity contribution < 1.29 is 0 Å². The fourth-order valence-electron chi connectivity index (χ4n) is 1.69. The Labute approximate surface area is 87.6 Å². The third-order valence-corrected chi connectivity index (χ3v) is 2.81. The van der Waals surface area contributed by atoms with Gasteiger partial charge in [-0.3, -0.25) is 0 Å². The first-order valence-electron chi connectivity index (χ1n) is 4.77. The molecule has 0 spiro atoms. The van der Waals surface area contributed by atoms with Crippen LogP contribution in [0.3, 0.4) is 0 Å². The maximum absolute atomic E-state index is 4.13. The normalized spacial score (nSPS) is 11.7. The first-order valence-corrected chi connectivity index (χ1v) is 4.77. The number of rotatable bonds is 1. The van der Waals surface area contributed by atoms with E-state index < -0.39 is 0 Å². The van der Waals surface area contributed by atoms with E-state index in [0.29, 0.717) is 0 Å². The van der Waals surface area contributed by atoms with Crippen molar-refractivity contribution in [2.45, 2.75) is 20.8 Å². The van der Waals surface area contributed by atoms with Gasteiger partial charge in [0, 0.05) is 7.05 Å². The van der Waals surface area contributed by atoms with Crippen LogP contribution in [0, 0.1) is 20.8 Å². The number of nitrogens with zero attached hydrogens (tertiary/aromatic N) is 4. The zero-order valence-corrected chi connectivity index (χ0v) is 9.29. The van der Waals surface area contributed by atoms with E-state index in [1.165, 1.54) is 5.56 Å². The molecule has 0 radical (unpaired) electrons. The van der Waals surface area contributed by atoms with E-state index in [0.717, 1.165) is 27.8 Å². The lowest BCUT2D eigenvalue weighted by Gasteiger charge is -2.07. The Hall–Kier alpha value is -1.78. The molecule has 5 nitrogen and oxygen atoms in total. The summed E-state index contributed by atoms with van der Waals surface area (Å²) in [5, 5.41) is 18.8. The fourth-order valence-corrected chi connectivity index (χ4v) is 1.69. The Morgan fingerprint density at radius 3 is 2.27 bits per heavy atom. The second-order valence-electron chi connectivity index (χ2n) is 3.54. The van der Waals surface area contributed by atoms with Crippen molar-refractivity contribution in [1.29, 1.82) is 0 Å². The van der Waals surface area contributed by atoms with Gasteiger partial charge >= 0.3 is 0 Å². The van der Waals surface area contributed by atoms with Crippen molar-refractivity contribution in [3.8, 4) is 0 Å². The Morgan fingerprint density at radius 1 is 0.933 bits per heavy atom. The standard InChI is InChI=1S/C10H13N5/c1-5-6(2)8(12-11-4)10-9(7(5)3)13-15-14-10/h1-4H3,(H,13,14,15). The van der Waals surface area contributed by atoms with E-state index in [2.05, 4.69) is 32.6 Å². The third kappa shape index (κ3) is 1.31. The van der Waals surface area contributed by atoms with E-state index in [4.69, 9.17) is 0 Å². The molecule has 0 fully saturated rings. The van der Waals surface area contributed by atoms with Crippen molar-refractivity contribution in [3.63, 3.8) is 0 Å². The number of nitrogens with one attached hydrogen (secondary N) is 1. The van der Waals surface area contributed by atoms with Crippen LogP contribution in [0.4, 0.5) is 5.69 Å². The summed E-state index contributed by atoms with van der Waals surface area (Å²) in [7, 11) is 1.65. The maximum Gasteiger partial charge on any atom is 0.141 e. The van der Waals surface area contributed by atoms with Gasteiger partial charge in [-0.2, -0.15) is 25.6 Å². The summed E-state index contributed by atoms with van der Waals surface area (Å²) in [4.78, 5) is 0. The molecular weight excluding hydrogens is 190 g/mol. The average Bonchev–Trinajstić information content (AvgIpc) is 2.70. The molecule has 0 aliphatic heterocycles. The van der Waals surface area contributed by atoms with Gasteiger partial charge in [0.15, 0.2) is 0 Å². The number of hydrogen-bond donors (Lipinski definition) is 1. The summed E-state index contributed by atoms with van der Waals surface area (Å²) in [6.07, 6.45) is 0. The smallest absolute Gasteiger partial charge is 0.141 e.